The highest BCUT2D eigenvalue weighted by molar-refractivity contribution is 6.32. The number of piperazine rings is 1. The molecule has 11 nitrogen and oxygen atoms in total. The SMILES string of the molecule is CN1CC(Nc2cnn(C)c(=O)c2Cl)CC(c2ccc(CN3CCN(c4cncc(C5CCC(=O)NC5=O)c4)CC3)cc2)C1. The molecule has 232 valence electrons. The van der Waals surface area contributed by atoms with Gasteiger partial charge in [-0.05, 0) is 48.6 Å². The number of amides is 2. The molecule has 1 aromatic carbocycles. The molecule has 0 saturated carbocycles. The Kier molecular flexibility index (Phi) is 8.97. The van der Waals surface area contributed by atoms with Crippen molar-refractivity contribution in [3.05, 3.63) is 81.0 Å². The highest BCUT2D eigenvalue weighted by atomic mass is 35.5. The Morgan fingerprint density at radius 1 is 0.977 bits per heavy atom. The number of carbonyl (C=O) groups excluding carboxylic acids is 2. The van der Waals surface area contributed by atoms with Gasteiger partial charge in [0.1, 0.15) is 5.02 Å². The number of piperidine rings is 2. The monoisotopic (exact) mass is 618 g/mol. The van der Waals surface area contributed by atoms with E-state index in [9.17, 15) is 14.4 Å². The molecule has 3 unspecified atom stereocenters. The third-order valence-electron chi connectivity index (χ3n) is 9.05. The molecule has 3 fully saturated rings. The minimum atomic E-state index is -0.323. The third-order valence-corrected chi connectivity index (χ3v) is 9.42. The van der Waals surface area contributed by atoms with E-state index in [0.717, 1.165) is 63.5 Å². The summed E-state index contributed by atoms with van der Waals surface area (Å²) in [5, 5.41) is 10.2. The maximum Gasteiger partial charge on any atom is 0.287 e. The van der Waals surface area contributed by atoms with Crippen molar-refractivity contribution in [2.24, 2.45) is 7.05 Å². The zero-order chi connectivity index (χ0) is 30.8. The fourth-order valence-electron chi connectivity index (χ4n) is 6.63. The zero-order valence-electron chi connectivity index (χ0n) is 25.2. The quantitative estimate of drug-likeness (QED) is 0.386. The molecule has 3 saturated heterocycles. The Bertz CT molecular complexity index is 1570. The van der Waals surface area contributed by atoms with Crippen molar-refractivity contribution in [2.45, 2.75) is 43.7 Å². The minimum Gasteiger partial charge on any atom is -0.378 e. The number of carbonyl (C=O) groups is 2. The number of rotatable bonds is 7. The molecular weight excluding hydrogens is 580 g/mol. The summed E-state index contributed by atoms with van der Waals surface area (Å²) in [6.45, 7) is 6.37. The van der Waals surface area contributed by atoms with E-state index in [1.54, 1.807) is 19.4 Å². The molecule has 3 aromatic rings. The Labute approximate surface area is 262 Å². The van der Waals surface area contributed by atoms with Crippen molar-refractivity contribution < 1.29 is 9.59 Å². The molecule has 2 N–H and O–H groups in total. The zero-order valence-corrected chi connectivity index (χ0v) is 26.0. The number of halogens is 1. The van der Waals surface area contributed by atoms with Gasteiger partial charge in [0.15, 0.2) is 0 Å². The topological polar surface area (TPSA) is 116 Å². The molecule has 2 aromatic heterocycles. The van der Waals surface area contributed by atoms with Crippen LogP contribution in [0.3, 0.4) is 0 Å². The predicted octanol–water partition coefficient (Wildman–Crippen LogP) is 2.57. The van der Waals surface area contributed by atoms with E-state index in [-0.39, 0.29) is 34.4 Å². The molecule has 0 aliphatic carbocycles. The fourth-order valence-corrected chi connectivity index (χ4v) is 6.86. The van der Waals surface area contributed by atoms with Crippen molar-refractivity contribution in [3.8, 4) is 0 Å². The Morgan fingerprint density at radius 3 is 2.50 bits per heavy atom. The van der Waals surface area contributed by atoms with Crippen LogP contribution in [-0.2, 0) is 23.2 Å². The molecule has 6 rings (SSSR count). The van der Waals surface area contributed by atoms with Gasteiger partial charge >= 0.3 is 0 Å². The molecule has 3 aliphatic rings. The Balaban J connectivity index is 1.02. The number of hydrogen-bond acceptors (Lipinski definition) is 9. The van der Waals surface area contributed by atoms with Crippen LogP contribution in [0.25, 0.3) is 0 Å². The number of aromatic nitrogens is 3. The fraction of sp³-hybridized carbons (Fsp3) is 0.469. The van der Waals surface area contributed by atoms with Crippen molar-refractivity contribution >= 4 is 34.8 Å². The van der Waals surface area contributed by atoms with Gasteiger partial charge in [0.25, 0.3) is 5.56 Å². The van der Waals surface area contributed by atoms with Crippen LogP contribution in [0.15, 0.2) is 53.7 Å². The first-order valence-electron chi connectivity index (χ1n) is 15.2. The summed E-state index contributed by atoms with van der Waals surface area (Å²) in [5.74, 6) is -0.389. The number of hydrogen-bond donors (Lipinski definition) is 2. The van der Waals surface area contributed by atoms with Crippen LogP contribution < -0.4 is 21.1 Å². The average Bonchev–Trinajstić information content (AvgIpc) is 3.02. The third kappa shape index (κ3) is 6.80. The van der Waals surface area contributed by atoms with Gasteiger partial charge in [-0.1, -0.05) is 35.9 Å². The van der Waals surface area contributed by atoms with Crippen LogP contribution in [0.2, 0.25) is 5.02 Å². The Hall–Kier alpha value is -3.80. The van der Waals surface area contributed by atoms with Gasteiger partial charge < -0.3 is 15.1 Å². The largest absolute Gasteiger partial charge is 0.378 e. The number of pyridine rings is 1. The predicted molar refractivity (Wildman–Crippen MR) is 170 cm³/mol. The van der Waals surface area contributed by atoms with E-state index in [4.69, 9.17) is 11.6 Å². The van der Waals surface area contributed by atoms with E-state index in [1.165, 1.54) is 15.8 Å². The second-order valence-electron chi connectivity index (χ2n) is 12.3. The summed E-state index contributed by atoms with van der Waals surface area (Å²) in [5.41, 5.74) is 4.78. The highest BCUT2D eigenvalue weighted by Crippen LogP contribution is 2.30. The summed E-state index contributed by atoms with van der Waals surface area (Å²) >= 11 is 6.31. The van der Waals surface area contributed by atoms with E-state index >= 15 is 0 Å². The average molecular weight is 619 g/mol. The number of nitrogens with one attached hydrogen (secondary N) is 2. The molecule has 44 heavy (non-hydrogen) atoms. The van der Waals surface area contributed by atoms with Gasteiger partial charge in [0.2, 0.25) is 11.8 Å². The van der Waals surface area contributed by atoms with Crippen molar-refractivity contribution in [1.29, 1.82) is 0 Å². The summed E-state index contributed by atoms with van der Waals surface area (Å²) in [7, 11) is 3.72. The second-order valence-corrected chi connectivity index (χ2v) is 12.7. The molecule has 5 heterocycles. The lowest BCUT2D eigenvalue weighted by Gasteiger charge is -2.37. The van der Waals surface area contributed by atoms with Crippen LogP contribution >= 0.6 is 11.6 Å². The summed E-state index contributed by atoms with van der Waals surface area (Å²) in [6, 6.07) is 11.2. The molecule has 12 heteroatoms. The number of anilines is 2. The van der Waals surface area contributed by atoms with Gasteiger partial charge in [-0.15, -0.1) is 0 Å². The van der Waals surface area contributed by atoms with Gasteiger partial charge in [0.05, 0.1) is 29.7 Å². The summed E-state index contributed by atoms with van der Waals surface area (Å²) in [4.78, 5) is 47.6. The smallest absolute Gasteiger partial charge is 0.287 e. The number of likely N-dealkylation sites (N-methyl/N-ethyl adjacent to an activating group) is 1. The number of imide groups is 1. The summed E-state index contributed by atoms with van der Waals surface area (Å²) in [6.07, 6.45) is 7.05. The first-order chi connectivity index (χ1) is 21.2. The lowest BCUT2D eigenvalue weighted by molar-refractivity contribution is -0.134. The van der Waals surface area contributed by atoms with E-state index in [2.05, 4.69) is 72.8 Å². The van der Waals surface area contributed by atoms with Crippen LogP contribution in [-0.4, -0.2) is 88.7 Å². The van der Waals surface area contributed by atoms with Gasteiger partial charge in [0, 0.05) is 71.5 Å². The van der Waals surface area contributed by atoms with Crippen molar-refractivity contribution in [1.82, 2.24) is 29.9 Å². The second kappa shape index (κ2) is 13.1. The van der Waals surface area contributed by atoms with E-state index < -0.39 is 0 Å². The molecular formula is C32H39ClN8O3. The normalized spacial score (nSPS) is 23.4. The first kappa shape index (κ1) is 30.2. The highest BCUT2D eigenvalue weighted by Gasteiger charge is 2.30. The molecule has 3 atom stereocenters. The van der Waals surface area contributed by atoms with Crippen LogP contribution in [0, 0.1) is 0 Å². The lowest BCUT2D eigenvalue weighted by Crippen LogP contribution is -2.46. The summed E-state index contributed by atoms with van der Waals surface area (Å²) < 4.78 is 1.24. The first-order valence-corrected chi connectivity index (χ1v) is 15.6. The van der Waals surface area contributed by atoms with E-state index in [1.807, 2.05) is 6.20 Å². The lowest BCUT2D eigenvalue weighted by atomic mass is 9.87. The van der Waals surface area contributed by atoms with Crippen LogP contribution in [0.4, 0.5) is 11.4 Å². The maximum atomic E-state index is 12.3. The number of likely N-dealkylation sites (tertiary alicyclic amines) is 1. The Morgan fingerprint density at radius 2 is 1.75 bits per heavy atom. The number of aryl methyl sites for hydroxylation is 1. The van der Waals surface area contributed by atoms with Crippen molar-refractivity contribution in [3.63, 3.8) is 0 Å². The van der Waals surface area contributed by atoms with Gasteiger partial charge in [-0.25, -0.2) is 4.68 Å². The minimum absolute atomic E-state index is 0.154. The van der Waals surface area contributed by atoms with Crippen LogP contribution in [0.1, 0.15) is 47.8 Å². The number of benzene rings is 1. The molecule has 2 amide bonds. The number of nitrogens with zero attached hydrogens (tertiary/aromatic N) is 6. The van der Waals surface area contributed by atoms with Gasteiger partial charge in [-0.2, -0.15) is 5.10 Å². The molecule has 0 bridgehead atoms. The van der Waals surface area contributed by atoms with Crippen LogP contribution in [0.5, 0.6) is 0 Å². The molecule has 3 aliphatic heterocycles. The maximum absolute atomic E-state index is 12.3. The molecule has 0 spiro atoms. The molecule has 0 radical (unpaired) electrons. The van der Waals surface area contributed by atoms with Crippen molar-refractivity contribution in [2.75, 3.05) is 56.5 Å². The standard InChI is InChI=1S/C32H39ClN8O3/c1-38-19-24(13-25(20-38)36-28-17-35-39(2)32(44)30(28)33)22-5-3-21(4-6-22)18-40-9-11-41(12-10-40)26-14-23(15-34-16-26)27-7-8-29(42)37-31(27)43/h3-6,14-17,24-25,27,36H,7-13,18-20H2,1-2H3,(H,37,42,43). The van der Waals surface area contributed by atoms with E-state index in [0.29, 0.717) is 24.4 Å². The van der Waals surface area contributed by atoms with Gasteiger partial charge in [-0.3, -0.25) is 29.6 Å².